The Morgan fingerprint density at radius 1 is 1.31 bits per heavy atom. The van der Waals surface area contributed by atoms with Gasteiger partial charge in [-0.1, -0.05) is 0 Å². The molecule has 0 aliphatic heterocycles. The highest BCUT2D eigenvalue weighted by Gasteiger charge is 2.19. The molecular weight excluding hydrogens is 217 g/mol. The molecule has 1 unspecified atom stereocenters. The average molecular weight is 228 g/mol. The summed E-state index contributed by atoms with van der Waals surface area (Å²) in [6, 6.07) is 0.428. The zero-order valence-corrected chi connectivity index (χ0v) is 8.65. The van der Waals surface area contributed by atoms with Gasteiger partial charge in [-0.2, -0.15) is 0 Å². The van der Waals surface area contributed by atoms with Crippen molar-refractivity contribution in [3.63, 3.8) is 0 Å². The Bertz CT molecular complexity index is 412. The first kappa shape index (κ1) is 12.6. The van der Waals surface area contributed by atoms with E-state index in [0.717, 1.165) is 0 Å². The van der Waals surface area contributed by atoms with Gasteiger partial charge in [-0.3, -0.25) is 11.3 Å². The maximum atomic E-state index is 13.4. The maximum absolute atomic E-state index is 13.4. The molecule has 1 rings (SSSR count). The number of hydrogen-bond acceptors (Lipinski definition) is 2. The predicted octanol–water partition coefficient (Wildman–Crippen LogP) is 2.02. The van der Waals surface area contributed by atoms with Crippen LogP contribution in [-0.4, -0.2) is 0 Å². The summed E-state index contributed by atoms with van der Waals surface area (Å²) in [7, 11) is 0. The fourth-order valence-corrected chi connectivity index (χ4v) is 1.33. The molecule has 5 heteroatoms. The second-order valence-electron chi connectivity index (χ2n) is 3.13. The largest absolute Gasteiger partial charge is 0.271 e. The van der Waals surface area contributed by atoms with Gasteiger partial charge in [0, 0.05) is 24.1 Å². The van der Waals surface area contributed by atoms with Crippen LogP contribution < -0.4 is 11.3 Å². The SMILES string of the molecule is CC#CCC(NN)c1c(F)cc(F)cc1F. The summed E-state index contributed by atoms with van der Waals surface area (Å²) in [5, 5.41) is 0. The van der Waals surface area contributed by atoms with E-state index < -0.39 is 23.5 Å². The summed E-state index contributed by atoms with van der Waals surface area (Å²) in [6.07, 6.45) is 0.145. The highest BCUT2D eigenvalue weighted by atomic mass is 19.1. The summed E-state index contributed by atoms with van der Waals surface area (Å²) in [5.74, 6) is 7.50. The smallest absolute Gasteiger partial charge is 0.133 e. The van der Waals surface area contributed by atoms with Gasteiger partial charge in [0.25, 0.3) is 0 Å². The monoisotopic (exact) mass is 228 g/mol. The Labute approximate surface area is 91.6 Å². The Morgan fingerprint density at radius 2 is 1.88 bits per heavy atom. The standard InChI is InChI=1S/C11H11F3N2/c1-2-3-4-10(16-15)11-8(13)5-7(12)6-9(11)14/h5-6,10,16H,4,15H2,1H3. The van der Waals surface area contributed by atoms with Crippen LogP contribution >= 0.6 is 0 Å². The van der Waals surface area contributed by atoms with Gasteiger partial charge in [0.15, 0.2) is 0 Å². The summed E-state index contributed by atoms with van der Waals surface area (Å²) < 4.78 is 39.4. The van der Waals surface area contributed by atoms with Crippen molar-refractivity contribution in [2.75, 3.05) is 0 Å². The molecule has 0 amide bonds. The van der Waals surface area contributed by atoms with Crippen LogP contribution in [0.4, 0.5) is 13.2 Å². The van der Waals surface area contributed by atoms with Crippen molar-refractivity contribution in [3.05, 3.63) is 35.1 Å². The number of hydrogen-bond donors (Lipinski definition) is 2. The molecular formula is C11H11F3N2. The van der Waals surface area contributed by atoms with E-state index in [4.69, 9.17) is 5.84 Å². The highest BCUT2D eigenvalue weighted by Crippen LogP contribution is 2.23. The van der Waals surface area contributed by atoms with Crippen LogP contribution in [0.5, 0.6) is 0 Å². The molecule has 3 N–H and O–H groups in total. The molecule has 0 saturated carbocycles. The van der Waals surface area contributed by atoms with E-state index in [2.05, 4.69) is 17.3 Å². The third-order valence-electron chi connectivity index (χ3n) is 2.08. The second kappa shape index (κ2) is 5.54. The minimum Gasteiger partial charge on any atom is -0.271 e. The maximum Gasteiger partial charge on any atom is 0.133 e. The van der Waals surface area contributed by atoms with Crippen LogP contribution in [0.25, 0.3) is 0 Å². The Hall–Kier alpha value is -1.51. The van der Waals surface area contributed by atoms with Crippen molar-refractivity contribution in [1.82, 2.24) is 5.43 Å². The zero-order chi connectivity index (χ0) is 12.1. The van der Waals surface area contributed by atoms with Gasteiger partial charge in [-0.25, -0.2) is 13.2 Å². The number of rotatable bonds is 3. The van der Waals surface area contributed by atoms with Gasteiger partial charge in [0.1, 0.15) is 17.5 Å². The van der Waals surface area contributed by atoms with Crippen LogP contribution in [0.2, 0.25) is 0 Å². The van der Waals surface area contributed by atoms with E-state index in [1.165, 1.54) is 0 Å². The van der Waals surface area contributed by atoms with Gasteiger partial charge >= 0.3 is 0 Å². The molecule has 0 aromatic heterocycles. The van der Waals surface area contributed by atoms with Crippen LogP contribution in [0, 0.1) is 29.3 Å². The van der Waals surface area contributed by atoms with E-state index in [1.54, 1.807) is 6.92 Å². The lowest BCUT2D eigenvalue weighted by Crippen LogP contribution is -2.29. The fourth-order valence-electron chi connectivity index (χ4n) is 1.33. The van der Waals surface area contributed by atoms with E-state index in [1.807, 2.05) is 0 Å². The van der Waals surface area contributed by atoms with Gasteiger partial charge < -0.3 is 0 Å². The van der Waals surface area contributed by atoms with Crippen LogP contribution in [0.3, 0.4) is 0 Å². The molecule has 2 nitrogen and oxygen atoms in total. The molecule has 0 radical (unpaired) electrons. The number of nitrogens with one attached hydrogen (secondary N) is 1. The number of benzene rings is 1. The van der Waals surface area contributed by atoms with Crippen molar-refractivity contribution in [1.29, 1.82) is 0 Å². The normalized spacial score (nSPS) is 11.8. The van der Waals surface area contributed by atoms with Gasteiger partial charge in [-0.05, 0) is 6.92 Å². The third kappa shape index (κ3) is 2.75. The van der Waals surface area contributed by atoms with E-state index >= 15 is 0 Å². The Kier molecular flexibility index (Phi) is 4.35. The van der Waals surface area contributed by atoms with Crippen molar-refractivity contribution in [3.8, 4) is 11.8 Å². The van der Waals surface area contributed by atoms with Gasteiger partial charge in [0.05, 0.1) is 6.04 Å². The quantitative estimate of drug-likeness (QED) is 0.472. The van der Waals surface area contributed by atoms with Crippen molar-refractivity contribution in [2.24, 2.45) is 5.84 Å². The van der Waals surface area contributed by atoms with Crippen LogP contribution in [-0.2, 0) is 0 Å². The van der Waals surface area contributed by atoms with Crippen LogP contribution in [0.1, 0.15) is 24.9 Å². The molecule has 0 spiro atoms. The molecule has 0 aliphatic rings. The van der Waals surface area contributed by atoms with E-state index in [0.29, 0.717) is 12.1 Å². The molecule has 0 saturated heterocycles. The number of nitrogens with two attached hydrogens (primary N) is 1. The van der Waals surface area contributed by atoms with Crippen molar-refractivity contribution >= 4 is 0 Å². The molecule has 0 bridgehead atoms. The van der Waals surface area contributed by atoms with E-state index in [-0.39, 0.29) is 12.0 Å². The lowest BCUT2D eigenvalue weighted by molar-refractivity contribution is 0.468. The number of halogens is 3. The first-order chi connectivity index (χ1) is 7.60. The molecule has 1 atom stereocenters. The summed E-state index contributed by atoms with van der Waals surface area (Å²) in [6.45, 7) is 1.60. The summed E-state index contributed by atoms with van der Waals surface area (Å²) in [5.41, 5.74) is 1.95. The highest BCUT2D eigenvalue weighted by molar-refractivity contribution is 5.25. The fraction of sp³-hybridized carbons (Fsp3) is 0.273. The minimum absolute atomic E-state index is 0.145. The Balaban J connectivity index is 3.12. The summed E-state index contributed by atoms with van der Waals surface area (Å²) in [4.78, 5) is 0. The first-order valence-corrected chi connectivity index (χ1v) is 4.60. The van der Waals surface area contributed by atoms with Crippen molar-refractivity contribution < 1.29 is 13.2 Å². The first-order valence-electron chi connectivity index (χ1n) is 4.60. The molecule has 1 aromatic carbocycles. The van der Waals surface area contributed by atoms with Gasteiger partial charge in [-0.15, -0.1) is 11.8 Å². The predicted molar refractivity (Wildman–Crippen MR) is 54.4 cm³/mol. The molecule has 16 heavy (non-hydrogen) atoms. The van der Waals surface area contributed by atoms with Crippen molar-refractivity contribution in [2.45, 2.75) is 19.4 Å². The van der Waals surface area contributed by atoms with Crippen LogP contribution in [0.15, 0.2) is 12.1 Å². The molecule has 0 aliphatic carbocycles. The lowest BCUT2D eigenvalue weighted by atomic mass is 10.0. The molecule has 0 fully saturated rings. The minimum atomic E-state index is -0.974. The molecule has 86 valence electrons. The third-order valence-corrected chi connectivity index (χ3v) is 2.08. The molecule has 0 heterocycles. The van der Waals surface area contributed by atoms with E-state index in [9.17, 15) is 13.2 Å². The zero-order valence-electron chi connectivity index (χ0n) is 8.65. The molecule has 1 aromatic rings. The lowest BCUT2D eigenvalue weighted by Gasteiger charge is -2.15. The number of hydrazine groups is 1. The average Bonchev–Trinajstić information content (AvgIpc) is 2.21. The second-order valence-corrected chi connectivity index (χ2v) is 3.13. The Morgan fingerprint density at radius 3 is 2.31 bits per heavy atom. The topological polar surface area (TPSA) is 38.0 Å². The summed E-state index contributed by atoms with van der Waals surface area (Å²) >= 11 is 0. The van der Waals surface area contributed by atoms with Gasteiger partial charge in [0.2, 0.25) is 0 Å².